The normalized spacial score (nSPS) is 10.3. The number of carbonyl (C=O) groups is 1. The number of benzene rings is 2. The van der Waals surface area contributed by atoms with Gasteiger partial charge in [0.1, 0.15) is 0 Å². The zero-order chi connectivity index (χ0) is 15.7. The van der Waals surface area contributed by atoms with Crippen molar-refractivity contribution in [3.8, 4) is 0 Å². The largest absolute Gasteiger partial charge is 1.00 e. The van der Waals surface area contributed by atoms with Crippen LogP contribution in [0.1, 0.15) is 10.4 Å². The monoisotopic (exact) mass is 339 g/mol. The number of carbonyl (C=O) groups excluding carboxylic acids is 1. The van der Waals surface area contributed by atoms with Crippen LogP contribution in [0.5, 0.6) is 0 Å². The molecule has 110 valence electrons. The minimum atomic E-state index is -1.31. The Morgan fingerprint density at radius 2 is 1.78 bits per heavy atom. The molecule has 10 heteroatoms. The SMILES string of the molecule is O=C([O-])c1ccccc1Sc1ccc([N+](=O)[O-])c2nonc12.[Na+]. The number of carboxylic acids is 1. The number of nitro groups is 1. The molecule has 0 atom stereocenters. The molecule has 23 heavy (non-hydrogen) atoms. The Hall–Kier alpha value is -1.94. The Morgan fingerprint density at radius 3 is 2.48 bits per heavy atom. The Kier molecular flexibility index (Phi) is 5.37. The van der Waals surface area contributed by atoms with Crippen LogP contribution in [0.15, 0.2) is 50.8 Å². The molecule has 0 amide bonds. The molecule has 0 aliphatic carbocycles. The number of hydrogen-bond donors (Lipinski definition) is 0. The zero-order valence-corrected chi connectivity index (χ0v) is 14.6. The van der Waals surface area contributed by atoms with Crippen molar-refractivity contribution >= 4 is 34.5 Å². The minimum absolute atomic E-state index is 0. The van der Waals surface area contributed by atoms with Crippen molar-refractivity contribution < 1.29 is 49.0 Å². The van der Waals surface area contributed by atoms with E-state index >= 15 is 0 Å². The van der Waals surface area contributed by atoms with Gasteiger partial charge in [-0.25, -0.2) is 4.63 Å². The maximum atomic E-state index is 11.1. The standard InChI is InChI=1S/C13H7N3O5S.Na/c17-13(18)7-3-1-2-4-9(7)22-10-6-5-8(16(19)20)11-12(10)15-21-14-11;/h1-6H,(H,17,18);/q;+1/p-1. The van der Waals surface area contributed by atoms with Gasteiger partial charge in [0.2, 0.25) is 5.52 Å². The Labute approximate surface area is 155 Å². The van der Waals surface area contributed by atoms with Crippen LogP contribution < -0.4 is 34.7 Å². The van der Waals surface area contributed by atoms with E-state index in [1.165, 1.54) is 18.2 Å². The van der Waals surface area contributed by atoms with Gasteiger partial charge in [-0.05, 0) is 22.4 Å². The molecule has 8 nitrogen and oxygen atoms in total. The second-order valence-corrected chi connectivity index (χ2v) is 5.27. The van der Waals surface area contributed by atoms with Gasteiger partial charge in [0.15, 0.2) is 5.52 Å². The third-order valence-electron chi connectivity index (χ3n) is 2.88. The number of rotatable bonds is 4. The molecule has 1 aromatic heterocycles. The first kappa shape index (κ1) is 17.4. The molecule has 0 saturated carbocycles. The van der Waals surface area contributed by atoms with E-state index in [0.29, 0.717) is 9.79 Å². The number of hydrogen-bond acceptors (Lipinski definition) is 8. The summed E-state index contributed by atoms with van der Waals surface area (Å²) in [5.41, 5.74) is 0.0116. The molecule has 2 aromatic carbocycles. The second-order valence-electron chi connectivity index (χ2n) is 4.19. The maximum absolute atomic E-state index is 11.1. The van der Waals surface area contributed by atoms with Crippen LogP contribution in [0.3, 0.4) is 0 Å². The van der Waals surface area contributed by atoms with Crippen LogP contribution >= 0.6 is 11.8 Å². The van der Waals surface area contributed by atoms with E-state index in [0.717, 1.165) is 11.8 Å². The van der Waals surface area contributed by atoms with E-state index < -0.39 is 10.9 Å². The summed E-state index contributed by atoms with van der Waals surface area (Å²) in [4.78, 5) is 22.4. The summed E-state index contributed by atoms with van der Waals surface area (Å²) < 4.78 is 4.57. The average Bonchev–Trinajstić information content (AvgIpc) is 2.97. The number of nitro benzene ring substituents is 1. The van der Waals surface area contributed by atoms with E-state index in [-0.39, 0.29) is 51.8 Å². The number of nitrogens with zero attached hydrogens (tertiary/aromatic N) is 3. The van der Waals surface area contributed by atoms with Gasteiger partial charge in [-0.2, -0.15) is 0 Å². The summed E-state index contributed by atoms with van der Waals surface area (Å²) in [5, 5.41) is 29.2. The van der Waals surface area contributed by atoms with Gasteiger partial charge in [0, 0.05) is 21.4 Å². The van der Waals surface area contributed by atoms with Crippen molar-refractivity contribution in [3.05, 3.63) is 52.1 Å². The molecule has 0 N–H and O–H groups in total. The average molecular weight is 339 g/mol. The van der Waals surface area contributed by atoms with Crippen LogP contribution in [-0.2, 0) is 0 Å². The Morgan fingerprint density at radius 1 is 1.09 bits per heavy atom. The molecule has 0 aliphatic rings. The zero-order valence-electron chi connectivity index (χ0n) is 11.8. The van der Waals surface area contributed by atoms with E-state index in [4.69, 9.17) is 0 Å². The molecule has 0 unspecified atom stereocenters. The van der Waals surface area contributed by atoms with Crippen molar-refractivity contribution in [1.82, 2.24) is 10.3 Å². The first-order valence-corrected chi connectivity index (χ1v) is 6.77. The van der Waals surface area contributed by atoms with Gasteiger partial charge < -0.3 is 9.90 Å². The van der Waals surface area contributed by atoms with Crippen LogP contribution in [-0.4, -0.2) is 21.2 Å². The quantitative estimate of drug-likeness (QED) is 0.325. The van der Waals surface area contributed by atoms with Crippen molar-refractivity contribution in [2.24, 2.45) is 0 Å². The number of non-ortho nitro benzene ring substituents is 1. The third-order valence-corrected chi connectivity index (χ3v) is 4.01. The molecule has 0 radical (unpaired) electrons. The van der Waals surface area contributed by atoms with Crippen LogP contribution in [0.25, 0.3) is 11.0 Å². The Bertz CT molecular complexity index is 898. The van der Waals surface area contributed by atoms with Crippen molar-refractivity contribution in [1.29, 1.82) is 0 Å². The molecule has 0 aliphatic heterocycles. The van der Waals surface area contributed by atoms with Crippen molar-refractivity contribution in [3.63, 3.8) is 0 Å². The summed E-state index contributed by atoms with van der Waals surface area (Å²) in [6.07, 6.45) is 0. The summed E-state index contributed by atoms with van der Waals surface area (Å²) in [5.74, 6) is -1.31. The fourth-order valence-electron chi connectivity index (χ4n) is 1.90. The molecule has 0 saturated heterocycles. The predicted molar refractivity (Wildman–Crippen MR) is 73.4 cm³/mol. The van der Waals surface area contributed by atoms with Gasteiger partial charge in [-0.1, -0.05) is 30.0 Å². The smallest absolute Gasteiger partial charge is 0.545 e. The van der Waals surface area contributed by atoms with Gasteiger partial charge >= 0.3 is 35.2 Å². The van der Waals surface area contributed by atoms with Crippen molar-refractivity contribution in [2.45, 2.75) is 9.79 Å². The number of carboxylic acid groups (broad SMARTS) is 1. The van der Waals surface area contributed by atoms with Crippen molar-refractivity contribution in [2.75, 3.05) is 0 Å². The molecule has 3 aromatic rings. The van der Waals surface area contributed by atoms with Gasteiger partial charge in [-0.15, -0.1) is 0 Å². The second kappa shape index (κ2) is 7.09. The van der Waals surface area contributed by atoms with Crippen LogP contribution in [0.2, 0.25) is 0 Å². The predicted octanol–water partition coefficient (Wildman–Crippen LogP) is -1.35. The molecular formula is C13H6N3NaO5S. The van der Waals surface area contributed by atoms with Crippen LogP contribution in [0.4, 0.5) is 5.69 Å². The summed E-state index contributed by atoms with van der Waals surface area (Å²) in [6.45, 7) is 0. The fraction of sp³-hybridized carbons (Fsp3) is 0. The first-order chi connectivity index (χ1) is 10.6. The molecule has 1 heterocycles. The fourth-order valence-corrected chi connectivity index (χ4v) is 2.91. The topological polar surface area (TPSA) is 122 Å². The molecule has 0 bridgehead atoms. The maximum Gasteiger partial charge on any atom is 1.00 e. The summed E-state index contributed by atoms with van der Waals surface area (Å²) in [7, 11) is 0. The molecule has 0 fully saturated rings. The number of aromatic carboxylic acids is 1. The molecule has 3 rings (SSSR count). The first-order valence-electron chi connectivity index (χ1n) is 5.96. The van der Waals surface area contributed by atoms with E-state index in [2.05, 4.69) is 14.9 Å². The minimum Gasteiger partial charge on any atom is -0.545 e. The summed E-state index contributed by atoms with van der Waals surface area (Å²) >= 11 is 1.09. The molecular weight excluding hydrogens is 333 g/mol. The van der Waals surface area contributed by atoms with Gasteiger partial charge in [0.05, 0.1) is 10.9 Å². The Balaban J connectivity index is 0.00000192. The summed E-state index contributed by atoms with van der Waals surface area (Å²) in [6, 6.07) is 9.03. The third kappa shape index (κ3) is 3.37. The molecule has 0 spiro atoms. The van der Waals surface area contributed by atoms with Gasteiger partial charge in [-0.3, -0.25) is 10.1 Å². The van der Waals surface area contributed by atoms with Gasteiger partial charge in [0.25, 0.3) is 0 Å². The van der Waals surface area contributed by atoms with E-state index in [1.807, 2.05) is 0 Å². The number of fused-ring (bicyclic) bond motifs is 1. The van der Waals surface area contributed by atoms with E-state index in [1.54, 1.807) is 18.2 Å². The number of aromatic nitrogens is 2. The van der Waals surface area contributed by atoms with E-state index in [9.17, 15) is 20.0 Å². The van der Waals surface area contributed by atoms with Crippen LogP contribution in [0, 0.1) is 10.1 Å².